The quantitative estimate of drug-likeness (QED) is 0.689. The van der Waals surface area contributed by atoms with Gasteiger partial charge in [-0.3, -0.25) is 0 Å². The van der Waals surface area contributed by atoms with Gasteiger partial charge in [-0.2, -0.15) is 0 Å². The van der Waals surface area contributed by atoms with Gasteiger partial charge in [0.15, 0.2) is 0 Å². The van der Waals surface area contributed by atoms with Crippen molar-refractivity contribution in [1.29, 1.82) is 0 Å². The Morgan fingerprint density at radius 1 is 1.38 bits per heavy atom. The van der Waals surface area contributed by atoms with Gasteiger partial charge in [0, 0.05) is 23.9 Å². The van der Waals surface area contributed by atoms with Crippen LogP contribution in [0.25, 0.3) is 0 Å². The van der Waals surface area contributed by atoms with Crippen LogP contribution in [0.1, 0.15) is 26.2 Å². The van der Waals surface area contributed by atoms with Crippen LogP contribution < -0.4 is 0 Å². The molecule has 0 unspecified atom stereocenters. The summed E-state index contributed by atoms with van der Waals surface area (Å²) >= 11 is 0. The van der Waals surface area contributed by atoms with Gasteiger partial charge in [0.05, 0.1) is 5.75 Å². The Hall–Kier alpha value is 0.200. The summed E-state index contributed by atoms with van der Waals surface area (Å²) in [5, 5.41) is 0. The van der Waals surface area contributed by atoms with Crippen molar-refractivity contribution >= 4 is 19.7 Å². The fourth-order valence-electron chi connectivity index (χ4n) is 1.77. The SMILES string of the molecule is CCC1(CS(=O)(=O)Cl)CCOCC1. The lowest BCUT2D eigenvalue weighted by atomic mass is 9.80. The van der Waals surface area contributed by atoms with E-state index in [1.807, 2.05) is 6.92 Å². The molecular formula is C8H15ClO3S. The first-order chi connectivity index (χ1) is 5.97. The summed E-state index contributed by atoms with van der Waals surface area (Å²) in [5.41, 5.74) is -0.140. The van der Waals surface area contributed by atoms with Crippen molar-refractivity contribution in [2.24, 2.45) is 5.41 Å². The standard InChI is InChI=1S/C8H15ClO3S/c1-2-8(7-13(9,10)11)3-5-12-6-4-8/h2-7H2,1H3. The predicted octanol–water partition coefficient (Wildman–Crippen LogP) is 1.76. The lowest BCUT2D eigenvalue weighted by Gasteiger charge is -2.35. The van der Waals surface area contributed by atoms with Gasteiger partial charge in [-0.05, 0) is 24.7 Å². The molecule has 5 heteroatoms. The summed E-state index contributed by atoms with van der Waals surface area (Å²) in [7, 11) is 1.89. The fraction of sp³-hybridized carbons (Fsp3) is 1.00. The minimum atomic E-state index is -3.38. The number of halogens is 1. The monoisotopic (exact) mass is 226 g/mol. The van der Waals surface area contributed by atoms with Crippen LogP contribution >= 0.6 is 10.7 Å². The second-order valence-electron chi connectivity index (χ2n) is 3.65. The van der Waals surface area contributed by atoms with Crippen molar-refractivity contribution in [3.05, 3.63) is 0 Å². The predicted molar refractivity (Wildman–Crippen MR) is 52.4 cm³/mol. The van der Waals surface area contributed by atoms with Crippen LogP contribution in [0.15, 0.2) is 0 Å². The second kappa shape index (κ2) is 4.15. The minimum absolute atomic E-state index is 0.0847. The van der Waals surface area contributed by atoms with Gasteiger partial charge in [-0.15, -0.1) is 0 Å². The van der Waals surface area contributed by atoms with Crippen molar-refractivity contribution in [3.8, 4) is 0 Å². The number of rotatable bonds is 3. The van der Waals surface area contributed by atoms with E-state index in [1.54, 1.807) is 0 Å². The summed E-state index contributed by atoms with van der Waals surface area (Å²) in [4.78, 5) is 0. The molecule has 0 aromatic rings. The van der Waals surface area contributed by atoms with Crippen molar-refractivity contribution in [1.82, 2.24) is 0 Å². The molecule has 1 aliphatic heterocycles. The summed E-state index contributed by atoms with van der Waals surface area (Å²) in [6.45, 7) is 3.31. The fourth-order valence-corrected chi connectivity index (χ4v) is 3.69. The minimum Gasteiger partial charge on any atom is -0.381 e. The molecule has 0 bridgehead atoms. The highest BCUT2D eigenvalue weighted by atomic mass is 35.7. The Balaban J connectivity index is 2.68. The van der Waals surface area contributed by atoms with Crippen LogP contribution in [0, 0.1) is 5.41 Å². The highest BCUT2D eigenvalue weighted by Crippen LogP contribution is 2.36. The lowest BCUT2D eigenvalue weighted by Crippen LogP contribution is -2.34. The Labute approximate surface area is 83.8 Å². The van der Waals surface area contributed by atoms with Gasteiger partial charge in [0.2, 0.25) is 9.05 Å². The molecular weight excluding hydrogens is 212 g/mol. The van der Waals surface area contributed by atoms with E-state index in [4.69, 9.17) is 15.4 Å². The zero-order valence-corrected chi connectivity index (χ0v) is 9.33. The molecule has 1 fully saturated rings. The molecule has 13 heavy (non-hydrogen) atoms. The Bertz CT molecular complexity index is 255. The molecule has 0 aromatic heterocycles. The van der Waals surface area contributed by atoms with Crippen molar-refractivity contribution in [2.45, 2.75) is 26.2 Å². The van der Waals surface area contributed by atoms with Crippen LogP contribution in [0.3, 0.4) is 0 Å². The molecule has 78 valence electrons. The molecule has 3 nitrogen and oxygen atoms in total. The van der Waals surface area contributed by atoms with E-state index >= 15 is 0 Å². The number of hydrogen-bond donors (Lipinski definition) is 0. The maximum atomic E-state index is 11.0. The molecule has 1 rings (SSSR count). The normalized spacial score (nSPS) is 22.9. The first-order valence-corrected chi connectivity index (χ1v) is 6.95. The third-order valence-electron chi connectivity index (χ3n) is 2.78. The maximum Gasteiger partial charge on any atom is 0.233 e. The highest BCUT2D eigenvalue weighted by molar-refractivity contribution is 8.13. The van der Waals surface area contributed by atoms with Gasteiger partial charge in [0.1, 0.15) is 0 Å². The molecule has 1 saturated heterocycles. The molecule has 0 aliphatic carbocycles. The maximum absolute atomic E-state index is 11.0. The molecule has 0 amide bonds. The molecule has 0 saturated carbocycles. The molecule has 0 atom stereocenters. The van der Waals surface area contributed by atoms with Crippen molar-refractivity contribution in [3.63, 3.8) is 0 Å². The van der Waals surface area contributed by atoms with E-state index in [1.165, 1.54) is 0 Å². The Morgan fingerprint density at radius 3 is 2.31 bits per heavy atom. The average Bonchev–Trinajstić information content (AvgIpc) is 2.03. The van der Waals surface area contributed by atoms with Crippen LogP contribution in [-0.2, 0) is 13.8 Å². The van der Waals surface area contributed by atoms with E-state index in [0.29, 0.717) is 13.2 Å². The zero-order chi connectivity index (χ0) is 9.95. The van der Waals surface area contributed by atoms with Gasteiger partial charge in [0.25, 0.3) is 0 Å². The molecule has 1 aliphatic rings. The van der Waals surface area contributed by atoms with Crippen LogP contribution in [0.5, 0.6) is 0 Å². The summed E-state index contributed by atoms with van der Waals surface area (Å²) in [6, 6.07) is 0. The topological polar surface area (TPSA) is 43.4 Å². The van der Waals surface area contributed by atoms with Crippen LogP contribution in [-0.4, -0.2) is 27.4 Å². The first-order valence-electron chi connectivity index (χ1n) is 4.47. The zero-order valence-electron chi connectivity index (χ0n) is 7.75. The van der Waals surface area contributed by atoms with Crippen LogP contribution in [0.2, 0.25) is 0 Å². The smallest absolute Gasteiger partial charge is 0.233 e. The number of ether oxygens (including phenoxy) is 1. The molecule has 0 radical (unpaired) electrons. The summed E-state index contributed by atoms with van der Waals surface area (Å²) in [6.07, 6.45) is 2.45. The molecule has 0 N–H and O–H groups in total. The molecule has 1 heterocycles. The van der Waals surface area contributed by atoms with Gasteiger partial charge >= 0.3 is 0 Å². The molecule has 0 spiro atoms. The van der Waals surface area contributed by atoms with E-state index in [2.05, 4.69) is 0 Å². The summed E-state index contributed by atoms with van der Waals surface area (Å²) < 4.78 is 27.2. The van der Waals surface area contributed by atoms with Gasteiger partial charge in [-0.1, -0.05) is 6.92 Å². The third kappa shape index (κ3) is 3.44. The van der Waals surface area contributed by atoms with Crippen molar-refractivity contribution < 1.29 is 13.2 Å². The van der Waals surface area contributed by atoms with Gasteiger partial charge < -0.3 is 4.74 Å². The van der Waals surface area contributed by atoms with E-state index < -0.39 is 9.05 Å². The lowest BCUT2D eigenvalue weighted by molar-refractivity contribution is 0.0239. The first kappa shape index (κ1) is 11.3. The number of hydrogen-bond acceptors (Lipinski definition) is 3. The van der Waals surface area contributed by atoms with Gasteiger partial charge in [-0.25, -0.2) is 8.42 Å². The Kier molecular flexibility index (Phi) is 3.60. The molecule has 0 aromatic carbocycles. The highest BCUT2D eigenvalue weighted by Gasteiger charge is 2.34. The van der Waals surface area contributed by atoms with Crippen molar-refractivity contribution in [2.75, 3.05) is 19.0 Å². The third-order valence-corrected chi connectivity index (χ3v) is 4.07. The summed E-state index contributed by atoms with van der Waals surface area (Å²) in [5.74, 6) is 0.0847. The average molecular weight is 227 g/mol. The Morgan fingerprint density at radius 2 is 1.92 bits per heavy atom. The largest absolute Gasteiger partial charge is 0.381 e. The van der Waals surface area contributed by atoms with E-state index in [0.717, 1.165) is 19.3 Å². The van der Waals surface area contributed by atoms with E-state index in [-0.39, 0.29) is 11.2 Å². The van der Waals surface area contributed by atoms with Crippen LogP contribution in [0.4, 0.5) is 0 Å². The van der Waals surface area contributed by atoms with E-state index in [9.17, 15) is 8.42 Å². The second-order valence-corrected chi connectivity index (χ2v) is 6.43.